The maximum Gasteiger partial charge on any atom is 0.270 e. The van der Waals surface area contributed by atoms with Gasteiger partial charge in [0.25, 0.3) is 11.5 Å². The van der Waals surface area contributed by atoms with Gasteiger partial charge in [0.15, 0.2) is 0 Å². The number of carbonyl (C=O) groups excluding carboxylic acids is 1. The zero-order valence-corrected chi connectivity index (χ0v) is 17.8. The number of hydrogen-bond acceptors (Lipinski definition) is 4. The predicted molar refractivity (Wildman–Crippen MR) is 126 cm³/mol. The Kier molecular flexibility index (Phi) is 5.51. The summed E-state index contributed by atoms with van der Waals surface area (Å²) >= 11 is 0. The molecule has 0 saturated carbocycles. The van der Waals surface area contributed by atoms with E-state index in [4.69, 9.17) is 5.10 Å². The van der Waals surface area contributed by atoms with E-state index in [0.29, 0.717) is 12.2 Å². The molecule has 3 heterocycles. The molecule has 2 aromatic carbocycles. The van der Waals surface area contributed by atoms with Gasteiger partial charge in [0.2, 0.25) is 0 Å². The normalized spacial score (nSPS) is 10.9. The lowest BCUT2D eigenvalue weighted by Gasteiger charge is -2.06. The van der Waals surface area contributed by atoms with E-state index in [-0.39, 0.29) is 12.1 Å². The van der Waals surface area contributed by atoms with Crippen LogP contribution >= 0.6 is 0 Å². The Balaban J connectivity index is 1.42. The molecule has 0 saturated heterocycles. The molecule has 1 N–H and O–H groups in total. The van der Waals surface area contributed by atoms with Crippen molar-refractivity contribution in [2.24, 2.45) is 0 Å². The van der Waals surface area contributed by atoms with Crippen molar-refractivity contribution in [1.82, 2.24) is 24.5 Å². The number of nitrogens with zero attached hydrogens (tertiary/aromatic N) is 4. The first-order chi connectivity index (χ1) is 16.2. The molecule has 0 atom stereocenters. The molecule has 7 nitrogen and oxygen atoms in total. The fourth-order valence-corrected chi connectivity index (χ4v) is 3.74. The van der Waals surface area contributed by atoms with Crippen molar-refractivity contribution >= 4 is 11.6 Å². The number of nitrogens with one attached hydrogen (secondary N) is 1. The van der Waals surface area contributed by atoms with Gasteiger partial charge < -0.3 is 5.32 Å². The summed E-state index contributed by atoms with van der Waals surface area (Å²) in [7, 11) is 0. The van der Waals surface area contributed by atoms with Crippen LogP contribution in [0.4, 0.5) is 0 Å². The number of rotatable bonds is 6. The highest BCUT2D eigenvalue weighted by Gasteiger charge is 2.16. The standard InChI is InChI=1S/C26H21N5O2/c32-25(22-16-27-23-13-7-8-14-31(23)26(22)33)28-15-21-18-30(17-19-9-3-1-4-10-19)29-24(21)20-11-5-2-6-12-20/h1-14,16,18H,15,17H2,(H,28,32). The Hall–Kier alpha value is -4.52. The molecule has 0 bridgehead atoms. The predicted octanol–water partition coefficient (Wildman–Crippen LogP) is 3.54. The molecule has 5 aromatic rings. The molecule has 0 radical (unpaired) electrons. The molecule has 0 fully saturated rings. The van der Waals surface area contributed by atoms with Crippen LogP contribution in [-0.4, -0.2) is 25.1 Å². The first-order valence-electron chi connectivity index (χ1n) is 10.6. The lowest BCUT2D eigenvalue weighted by atomic mass is 10.1. The van der Waals surface area contributed by atoms with Gasteiger partial charge in [0.05, 0.1) is 12.2 Å². The molecular weight excluding hydrogens is 414 g/mol. The van der Waals surface area contributed by atoms with Crippen LogP contribution in [0.15, 0.2) is 102 Å². The minimum Gasteiger partial charge on any atom is -0.348 e. The molecule has 0 aliphatic carbocycles. The summed E-state index contributed by atoms with van der Waals surface area (Å²) in [5, 5.41) is 7.63. The Morgan fingerprint density at radius 3 is 2.42 bits per heavy atom. The minimum atomic E-state index is -0.472. The Bertz CT molecular complexity index is 1470. The molecule has 162 valence electrons. The number of pyridine rings is 1. The van der Waals surface area contributed by atoms with E-state index in [1.54, 1.807) is 24.4 Å². The number of fused-ring (bicyclic) bond motifs is 1. The van der Waals surface area contributed by atoms with Gasteiger partial charge in [-0.3, -0.25) is 18.7 Å². The quantitative estimate of drug-likeness (QED) is 0.442. The summed E-state index contributed by atoms with van der Waals surface area (Å²) in [6, 6.07) is 25.1. The third-order valence-electron chi connectivity index (χ3n) is 5.37. The highest BCUT2D eigenvalue weighted by atomic mass is 16.2. The second kappa shape index (κ2) is 8.92. The topological polar surface area (TPSA) is 81.3 Å². The second-order valence-corrected chi connectivity index (χ2v) is 7.64. The summed E-state index contributed by atoms with van der Waals surface area (Å²) < 4.78 is 3.23. The van der Waals surface area contributed by atoms with Gasteiger partial charge in [-0.2, -0.15) is 5.10 Å². The molecule has 0 unspecified atom stereocenters. The van der Waals surface area contributed by atoms with Gasteiger partial charge in [0.1, 0.15) is 11.2 Å². The summed E-state index contributed by atoms with van der Waals surface area (Å²) in [5.41, 5.74) is 3.83. The molecule has 0 aliphatic heterocycles. The lowest BCUT2D eigenvalue weighted by molar-refractivity contribution is 0.0949. The average Bonchev–Trinajstić information content (AvgIpc) is 3.26. The van der Waals surface area contributed by atoms with Crippen molar-refractivity contribution < 1.29 is 4.79 Å². The fraction of sp³-hybridized carbons (Fsp3) is 0.0769. The number of carbonyl (C=O) groups is 1. The van der Waals surface area contributed by atoms with Crippen LogP contribution < -0.4 is 10.9 Å². The van der Waals surface area contributed by atoms with Crippen LogP contribution in [0.2, 0.25) is 0 Å². The highest BCUT2D eigenvalue weighted by Crippen LogP contribution is 2.22. The molecule has 1 amide bonds. The van der Waals surface area contributed by atoms with Crippen molar-refractivity contribution in [2.75, 3.05) is 0 Å². The zero-order chi connectivity index (χ0) is 22.6. The monoisotopic (exact) mass is 435 g/mol. The summed E-state index contributed by atoms with van der Waals surface area (Å²) in [6.07, 6.45) is 4.85. The Morgan fingerprint density at radius 2 is 1.64 bits per heavy atom. The van der Waals surface area contributed by atoms with Crippen LogP contribution in [-0.2, 0) is 13.1 Å². The average molecular weight is 435 g/mol. The van der Waals surface area contributed by atoms with E-state index in [0.717, 1.165) is 22.4 Å². The maximum absolute atomic E-state index is 12.8. The first-order valence-corrected chi connectivity index (χ1v) is 10.6. The molecule has 0 aliphatic rings. The van der Waals surface area contributed by atoms with Crippen LogP contribution in [0.5, 0.6) is 0 Å². The van der Waals surface area contributed by atoms with Crippen molar-refractivity contribution in [1.29, 1.82) is 0 Å². The van der Waals surface area contributed by atoms with Crippen LogP contribution in [0.3, 0.4) is 0 Å². The van der Waals surface area contributed by atoms with E-state index < -0.39 is 11.5 Å². The summed E-state index contributed by atoms with van der Waals surface area (Å²) in [5.74, 6) is -0.472. The molecule has 33 heavy (non-hydrogen) atoms. The first kappa shape index (κ1) is 20.4. The molecular formula is C26H21N5O2. The number of hydrogen-bond donors (Lipinski definition) is 1. The zero-order valence-electron chi connectivity index (χ0n) is 17.8. The lowest BCUT2D eigenvalue weighted by Crippen LogP contribution is -2.31. The molecule has 3 aromatic heterocycles. The van der Waals surface area contributed by atoms with Crippen molar-refractivity contribution in [3.63, 3.8) is 0 Å². The van der Waals surface area contributed by atoms with Crippen molar-refractivity contribution in [3.8, 4) is 11.3 Å². The van der Waals surface area contributed by atoms with Gasteiger partial charge in [-0.15, -0.1) is 0 Å². The molecule has 7 heteroatoms. The molecule has 0 spiro atoms. The van der Waals surface area contributed by atoms with Gasteiger partial charge in [0, 0.05) is 36.3 Å². The van der Waals surface area contributed by atoms with E-state index in [1.165, 1.54) is 10.6 Å². The van der Waals surface area contributed by atoms with E-state index in [1.807, 2.05) is 71.5 Å². The van der Waals surface area contributed by atoms with Gasteiger partial charge in [-0.25, -0.2) is 4.98 Å². The van der Waals surface area contributed by atoms with Crippen LogP contribution in [0.1, 0.15) is 21.5 Å². The number of aromatic nitrogens is 4. The second-order valence-electron chi connectivity index (χ2n) is 7.64. The largest absolute Gasteiger partial charge is 0.348 e. The minimum absolute atomic E-state index is 0.00311. The van der Waals surface area contributed by atoms with E-state index >= 15 is 0 Å². The SMILES string of the molecule is O=C(NCc1cn(Cc2ccccc2)nc1-c1ccccc1)c1cnc2ccccn2c1=O. The number of benzene rings is 2. The van der Waals surface area contributed by atoms with Crippen LogP contribution in [0.25, 0.3) is 16.9 Å². The number of amides is 1. The van der Waals surface area contributed by atoms with Crippen LogP contribution in [0, 0.1) is 0 Å². The highest BCUT2D eigenvalue weighted by molar-refractivity contribution is 5.93. The van der Waals surface area contributed by atoms with Crippen molar-refractivity contribution in [2.45, 2.75) is 13.1 Å². The van der Waals surface area contributed by atoms with E-state index in [2.05, 4.69) is 10.3 Å². The summed E-state index contributed by atoms with van der Waals surface area (Å²) in [4.78, 5) is 29.8. The third kappa shape index (κ3) is 4.29. The fourth-order valence-electron chi connectivity index (χ4n) is 3.74. The van der Waals surface area contributed by atoms with Gasteiger partial charge >= 0.3 is 0 Å². The van der Waals surface area contributed by atoms with E-state index in [9.17, 15) is 9.59 Å². The maximum atomic E-state index is 12.8. The third-order valence-corrected chi connectivity index (χ3v) is 5.37. The Labute approximate surface area is 190 Å². The smallest absolute Gasteiger partial charge is 0.270 e. The van der Waals surface area contributed by atoms with Gasteiger partial charge in [-0.05, 0) is 17.7 Å². The molecule has 5 rings (SSSR count). The Morgan fingerprint density at radius 1 is 0.909 bits per heavy atom. The summed E-state index contributed by atoms with van der Waals surface area (Å²) in [6.45, 7) is 0.847. The van der Waals surface area contributed by atoms with Crippen molar-refractivity contribution in [3.05, 3.63) is 124 Å². The van der Waals surface area contributed by atoms with Gasteiger partial charge in [-0.1, -0.05) is 66.7 Å².